The number of amides is 1. The van der Waals surface area contributed by atoms with Gasteiger partial charge in [-0.05, 0) is 46.1 Å². The molecular weight excluding hydrogens is 388 g/mol. The summed E-state index contributed by atoms with van der Waals surface area (Å²) in [5.74, 6) is 0.540. The molecule has 2 aromatic carbocycles. The molecule has 25 heavy (non-hydrogen) atoms. The number of benzene rings is 2. The van der Waals surface area contributed by atoms with Crippen molar-refractivity contribution in [1.82, 2.24) is 5.43 Å². The molecule has 0 aliphatic heterocycles. The van der Waals surface area contributed by atoms with Crippen molar-refractivity contribution in [3.8, 4) is 11.5 Å². The minimum atomic E-state index is -1.28. The Labute approximate surface area is 154 Å². The number of carbonyl (C=O) groups excluding carboxylic acids is 1. The second-order valence-corrected chi connectivity index (χ2v) is 5.87. The summed E-state index contributed by atoms with van der Waals surface area (Å²) < 4.78 is 11.5. The maximum Gasteiger partial charge on any atom is 0.273 e. The van der Waals surface area contributed by atoms with Crippen LogP contribution in [0.1, 0.15) is 24.2 Å². The van der Waals surface area contributed by atoms with Crippen molar-refractivity contribution in [2.75, 3.05) is 13.7 Å². The van der Waals surface area contributed by atoms with Gasteiger partial charge in [0, 0.05) is 0 Å². The van der Waals surface area contributed by atoms with Gasteiger partial charge >= 0.3 is 0 Å². The van der Waals surface area contributed by atoms with Crippen LogP contribution in [0.5, 0.6) is 11.5 Å². The normalized spacial score (nSPS) is 12.0. The average molecular weight is 407 g/mol. The highest BCUT2D eigenvalue weighted by Gasteiger charge is 2.16. The molecule has 0 aliphatic carbocycles. The van der Waals surface area contributed by atoms with Gasteiger partial charge in [-0.2, -0.15) is 5.10 Å². The third kappa shape index (κ3) is 5.04. The number of hydrogen-bond acceptors (Lipinski definition) is 5. The third-order valence-corrected chi connectivity index (χ3v) is 3.88. The first-order chi connectivity index (χ1) is 12.1. The van der Waals surface area contributed by atoms with Crippen LogP contribution in [0, 0.1) is 0 Å². The first-order valence-corrected chi connectivity index (χ1v) is 8.42. The summed E-state index contributed by atoms with van der Waals surface area (Å²) in [6, 6.07) is 12.2. The fourth-order valence-corrected chi connectivity index (χ4v) is 2.69. The molecule has 1 unspecified atom stereocenters. The zero-order valence-electron chi connectivity index (χ0n) is 13.9. The Balaban J connectivity index is 2.06. The maximum absolute atomic E-state index is 11.9. The second-order valence-electron chi connectivity index (χ2n) is 5.01. The summed E-state index contributed by atoms with van der Waals surface area (Å²) in [5, 5.41) is 13.9. The van der Waals surface area contributed by atoms with Crippen LogP contribution in [0.25, 0.3) is 0 Å². The molecule has 0 saturated carbocycles. The van der Waals surface area contributed by atoms with Gasteiger partial charge in [0.05, 0.1) is 24.4 Å². The Morgan fingerprint density at radius 1 is 1.36 bits per heavy atom. The lowest BCUT2D eigenvalue weighted by Gasteiger charge is -2.12. The van der Waals surface area contributed by atoms with Gasteiger partial charge in [0.2, 0.25) is 0 Å². The lowest BCUT2D eigenvalue weighted by Crippen LogP contribution is -2.25. The third-order valence-electron chi connectivity index (χ3n) is 3.29. The highest BCUT2D eigenvalue weighted by atomic mass is 79.9. The van der Waals surface area contributed by atoms with Gasteiger partial charge < -0.3 is 14.6 Å². The topological polar surface area (TPSA) is 80.2 Å². The molecule has 1 atom stereocenters. The number of halogens is 1. The van der Waals surface area contributed by atoms with Crippen molar-refractivity contribution in [1.29, 1.82) is 0 Å². The highest BCUT2D eigenvalue weighted by Crippen LogP contribution is 2.36. The van der Waals surface area contributed by atoms with E-state index in [1.54, 1.807) is 43.5 Å². The molecule has 132 valence electrons. The molecule has 0 bridgehead atoms. The van der Waals surface area contributed by atoms with E-state index in [1.165, 1.54) is 6.21 Å². The van der Waals surface area contributed by atoms with Crippen LogP contribution in [0.2, 0.25) is 0 Å². The van der Waals surface area contributed by atoms with E-state index in [9.17, 15) is 9.90 Å². The zero-order chi connectivity index (χ0) is 18.2. The highest BCUT2D eigenvalue weighted by molar-refractivity contribution is 9.10. The molecule has 0 radical (unpaired) electrons. The molecule has 2 rings (SSSR count). The Morgan fingerprint density at radius 2 is 2.08 bits per heavy atom. The molecule has 6 nitrogen and oxygen atoms in total. The lowest BCUT2D eigenvalue weighted by molar-refractivity contribution is -0.129. The SMILES string of the molecule is CCOc1c(Br)cc(/C=N/NC(=O)C(O)c2ccccc2)cc1OC. The van der Waals surface area contributed by atoms with Crippen molar-refractivity contribution in [3.05, 3.63) is 58.1 Å². The first kappa shape index (κ1) is 19.0. The fraction of sp³-hybridized carbons (Fsp3) is 0.222. The average Bonchev–Trinajstić information content (AvgIpc) is 2.63. The van der Waals surface area contributed by atoms with Crippen LogP contribution in [-0.4, -0.2) is 30.9 Å². The summed E-state index contributed by atoms with van der Waals surface area (Å²) in [7, 11) is 1.54. The lowest BCUT2D eigenvalue weighted by atomic mass is 10.1. The summed E-state index contributed by atoms with van der Waals surface area (Å²) in [5.41, 5.74) is 3.52. The quantitative estimate of drug-likeness (QED) is 0.546. The smallest absolute Gasteiger partial charge is 0.273 e. The van der Waals surface area contributed by atoms with E-state index in [4.69, 9.17) is 9.47 Å². The monoisotopic (exact) mass is 406 g/mol. The van der Waals surface area contributed by atoms with E-state index < -0.39 is 12.0 Å². The van der Waals surface area contributed by atoms with E-state index in [0.717, 1.165) is 0 Å². The summed E-state index contributed by atoms with van der Waals surface area (Å²) in [6.45, 7) is 2.39. The van der Waals surface area contributed by atoms with E-state index >= 15 is 0 Å². The number of hydrogen-bond donors (Lipinski definition) is 2. The summed E-state index contributed by atoms with van der Waals surface area (Å²) in [4.78, 5) is 11.9. The number of aliphatic hydroxyl groups is 1. The number of hydrazone groups is 1. The van der Waals surface area contributed by atoms with Gasteiger partial charge in [-0.25, -0.2) is 5.43 Å². The van der Waals surface area contributed by atoms with Crippen LogP contribution >= 0.6 is 15.9 Å². The molecule has 2 N–H and O–H groups in total. The molecule has 0 saturated heterocycles. The number of aliphatic hydroxyl groups excluding tert-OH is 1. The van der Waals surface area contributed by atoms with E-state index in [-0.39, 0.29) is 0 Å². The molecular formula is C18H19BrN2O4. The Hall–Kier alpha value is -2.38. The van der Waals surface area contributed by atoms with Gasteiger partial charge in [0.1, 0.15) is 0 Å². The van der Waals surface area contributed by atoms with Gasteiger partial charge in [0.15, 0.2) is 17.6 Å². The van der Waals surface area contributed by atoms with Crippen molar-refractivity contribution >= 4 is 28.1 Å². The van der Waals surface area contributed by atoms with Crippen LogP contribution in [0.4, 0.5) is 0 Å². The molecule has 7 heteroatoms. The second kappa shape index (κ2) is 9.19. The van der Waals surface area contributed by atoms with E-state index in [0.29, 0.717) is 33.7 Å². The van der Waals surface area contributed by atoms with Crippen LogP contribution in [-0.2, 0) is 4.79 Å². The van der Waals surface area contributed by atoms with Crippen LogP contribution in [0.3, 0.4) is 0 Å². The fourth-order valence-electron chi connectivity index (χ4n) is 2.12. The zero-order valence-corrected chi connectivity index (χ0v) is 15.5. The number of rotatable bonds is 7. The van der Waals surface area contributed by atoms with Gasteiger partial charge in [0.25, 0.3) is 5.91 Å². The number of carbonyl (C=O) groups is 1. The van der Waals surface area contributed by atoms with Crippen LogP contribution in [0.15, 0.2) is 52.0 Å². The molecule has 0 aliphatic rings. The maximum atomic E-state index is 11.9. The molecule has 2 aromatic rings. The minimum Gasteiger partial charge on any atom is -0.493 e. The van der Waals surface area contributed by atoms with Gasteiger partial charge in [-0.1, -0.05) is 30.3 Å². The predicted molar refractivity (Wildman–Crippen MR) is 99.0 cm³/mol. The Kier molecular flexibility index (Phi) is 6.97. The largest absolute Gasteiger partial charge is 0.493 e. The number of methoxy groups -OCH3 is 1. The number of nitrogens with zero attached hydrogens (tertiary/aromatic N) is 1. The van der Waals surface area contributed by atoms with Crippen molar-refractivity contribution in [3.63, 3.8) is 0 Å². The first-order valence-electron chi connectivity index (χ1n) is 7.63. The number of nitrogens with one attached hydrogen (secondary N) is 1. The molecule has 0 fully saturated rings. The van der Waals surface area contributed by atoms with Crippen molar-refractivity contribution < 1.29 is 19.4 Å². The Morgan fingerprint density at radius 3 is 2.72 bits per heavy atom. The van der Waals surface area contributed by atoms with E-state index in [2.05, 4.69) is 26.5 Å². The van der Waals surface area contributed by atoms with Gasteiger partial charge in [-0.15, -0.1) is 0 Å². The van der Waals surface area contributed by atoms with Gasteiger partial charge in [-0.3, -0.25) is 4.79 Å². The predicted octanol–water partition coefficient (Wildman–Crippen LogP) is 3.04. The molecule has 0 heterocycles. The van der Waals surface area contributed by atoms with Crippen LogP contribution < -0.4 is 14.9 Å². The molecule has 0 aromatic heterocycles. The standard InChI is InChI=1S/C18H19BrN2O4/c1-3-25-17-14(19)9-12(10-15(17)24-2)11-20-21-18(23)16(22)13-7-5-4-6-8-13/h4-11,16,22H,3H2,1-2H3,(H,21,23)/b20-11+. The molecule has 1 amide bonds. The summed E-state index contributed by atoms with van der Waals surface area (Å²) in [6.07, 6.45) is 0.179. The number of ether oxygens (including phenoxy) is 2. The Bertz CT molecular complexity index is 750. The van der Waals surface area contributed by atoms with Crippen molar-refractivity contribution in [2.45, 2.75) is 13.0 Å². The van der Waals surface area contributed by atoms with E-state index in [1.807, 2.05) is 13.0 Å². The molecule has 0 spiro atoms. The minimum absolute atomic E-state index is 0.501. The van der Waals surface area contributed by atoms with Crippen molar-refractivity contribution in [2.24, 2.45) is 5.10 Å². The summed E-state index contributed by atoms with van der Waals surface area (Å²) >= 11 is 3.42.